The van der Waals surface area contributed by atoms with Gasteiger partial charge in [0.2, 0.25) is 0 Å². The normalized spacial score (nSPS) is 24.8. The van der Waals surface area contributed by atoms with Gasteiger partial charge in [0, 0.05) is 20.7 Å². The second kappa shape index (κ2) is 5.40. The number of benzene rings is 1. The largest absolute Gasteiger partial charge is 0.349 e. The van der Waals surface area contributed by atoms with Gasteiger partial charge in [0.15, 0.2) is 0 Å². The fraction of sp³-hybridized carbons (Fsp3) is 0.533. The molecule has 0 radical (unpaired) electrons. The number of hydrogen-bond donors (Lipinski definition) is 2. The van der Waals surface area contributed by atoms with E-state index < -0.39 is 0 Å². The molecule has 1 aliphatic carbocycles. The van der Waals surface area contributed by atoms with Gasteiger partial charge in [-0.25, -0.2) is 0 Å². The van der Waals surface area contributed by atoms with Crippen LogP contribution in [0.4, 0.5) is 0 Å². The van der Waals surface area contributed by atoms with Crippen LogP contribution in [0.1, 0.15) is 42.5 Å². The molecule has 19 heavy (non-hydrogen) atoms. The van der Waals surface area contributed by atoms with Crippen LogP contribution in [0.25, 0.3) is 0 Å². The molecule has 1 spiro atoms. The molecule has 1 saturated carbocycles. The summed E-state index contributed by atoms with van der Waals surface area (Å²) in [6, 6.07) is 8.08. The van der Waals surface area contributed by atoms with Crippen molar-refractivity contribution in [3.63, 3.8) is 0 Å². The van der Waals surface area contributed by atoms with E-state index >= 15 is 0 Å². The molecule has 2 aliphatic rings. The van der Waals surface area contributed by atoms with E-state index in [1.807, 2.05) is 24.3 Å². The van der Waals surface area contributed by atoms with Crippen molar-refractivity contribution in [2.75, 3.05) is 6.54 Å². The molecule has 1 amide bonds. The minimum Gasteiger partial charge on any atom is -0.349 e. The van der Waals surface area contributed by atoms with Crippen molar-refractivity contribution in [2.24, 2.45) is 0 Å². The maximum absolute atomic E-state index is 12.2. The van der Waals surface area contributed by atoms with Gasteiger partial charge in [0.1, 0.15) is 0 Å². The highest BCUT2D eigenvalue weighted by atomic mass is 127. The first-order valence-corrected chi connectivity index (χ1v) is 8.06. The van der Waals surface area contributed by atoms with Gasteiger partial charge in [-0.2, -0.15) is 0 Å². The third-order valence-electron chi connectivity index (χ3n) is 4.38. The topological polar surface area (TPSA) is 41.1 Å². The molecule has 1 heterocycles. The van der Waals surface area contributed by atoms with Crippen molar-refractivity contribution in [3.05, 3.63) is 33.4 Å². The first-order valence-electron chi connectivity index (χ1n) is 6.98. The zero-order chi connectivity index (χ0) is 13.3. The molecule has 1 saturated heterocycles. The molecule has 1 aromatic carbocycles. The molecule has 3 nitrogen and oxygen atoms in total. The number of piperidine rings is 1. The average Bonchev–Trinajstić information content (AvgIpc) is 2.38. The van der Waals surface area contributed by atoms with Gasteiger partial charge in [0.25, 0.3) is 5.91 Å². The summed E-state index contributed by atoms with van der Waals surface area (Å²) < 4.78 is 1.16. The molecule has 2 N–H and O–H groups in total. The van der Waals surface area contributed by atoms with Gasteiger partial charge in [-0.1, -0.05) is 0 Å². The Hall–Kier alpha value is -0.620. The van der Waals surface area contributed by atoms with E-state index in [1.165, 1.54) is 19.3 Å². The Labute approximate surface area is 127 Å². The minimum atomic E-state index is 0.0674. The van der Waals surface area contributed by atoms with Gasteiger partial charge >= 0.3 is 0 Å². The van der Waals surface area contributed by atoms with Gasteiger partial charge < -0.3 is 10.6 Å². The summed E-state index contributed by atoms with van der Waals surface area (Å²) >= 11 is 2.25. The second-order valence-electron chi connectivity index (χ2n) is 5.73. The van der Waals surface area contributed by atoms with Crippen molar-refractivity contribution in [2.45, 2.75) is 43.7 Å². The minimum absolute atomic E-state index is 0.0674. The SMILES string of the molecule is O=C(NC1CCNC2(CCC2)C1)c1ccc(I)cc1. The summed E-state index contributed by atoms with van der Waals surface area (Å²) in [6.07, 6.45) is 5.98. The highest BCUT2D eigenvalue weighted by Gasteiger charge is 2.41. The summed E-state index contributed by atoms with van der Waals surface area (Å²) in [4.78, 5) is 12.2. The second-order valence-corrected chi connectivity index (χ2v) is 6.98. The summed E-state index contributed by atoms with van der Waals surface area (Å²) in [5, 5.41) is 6.83. The Morgan fingerprint density at radius 3 is 2.68 bits per heavy atom. The van der Waals surface area contributed by atoms with E-state index in [9.17, 15) is 4.79 Å². The number of nitrogens with one attached hydrogen (secondary N) is 2. The zero-order valence-corrected chi connectivity index (χ0v) is 13.1. The molecular formula is C15H19IN2O. The maximum atomic E-state index is 12.2. The number of hydrogen-bond acceptors (Lipinski definition) is 2. The Bertz CT molecular complexity index is 468. The van der Waals surface area contributed by atoms with Crippen LogP contribution in [0.15, 0.2) is 24.3 Å². The van der Waals surface area contributed by atoms with Crippen LogP contribution < -0.4 is 10.6 Å². The molecule has 2 fully saturated rings. The molecule has 3 rings (SSSR count). The lowest BCUT2D eigenvalue weighted by Crippen LogP contribution is -2.59. The third kappa shape index (κ3) is 2.94. The van der Waals surface area contributed by atoms with Crippen molar-refractivity contribution >= 4 is 28.5 Å². The number of halogens is 1. The van der Waals surface area contributed by atoms with Crippen molar-refractivity contribution in [3.8, 4) is 0 Å². The summed E-state index contributed by atoms with van der Waals surface area (Å²) in [7, 11) is 0. The first kappa shape index (κ1) is 13.4. The molecule has 4 heteroatoms. The van der Waals surface area contributed by atoms with Crippen LogP contribution in [0.3, 0.4) is 0 Å². The van der Waals surface area contributed by atoms with Crippen LogP contribution >= 0.6 is 22.6 Å². The Kier molecular flexibility index (Phi) is 3.80. The Morgan fingerprint density at radius 2 is 2.05 bits per heavy atom. The first-order chi connectivity index (χ1) is 9.17. The van der Waals surface area contributed by atoms with E-state index in [1.54, 1.807) is 0 Å². The van der Waals surface area contributed by atoms with Gasteiger partial charge in [0.05, 0.1) is 0 Å². The van der Waals surface area contributed by atoms with E-state index in [4.69, 9.17) is 0 Å². The smallest absolute Gasteiger partial charge is 0.251 e. The number of carbonyl (C=O) groups excluding carboxylic acids is 1. The average molecular weight is 370 g/mol. The quantitative estimate of drug-likeness (QED) is 0.787. The van der Waals surface area contributed by atoms with Crippen LogP contribution in [-0.4, -0.2) is 24.0 Å². The molecule has 102 valence electrons. The van der Waals surface area contributed by atoms with Crippen LogP contribution in [-0.2, 0) is 0 Å². The highest BCUT2D eigenvalue weighted by molar-refractivity contribution is 14.1. The van der Waals surface area contributed by atoms with Crippen LogP contribution in [0, 0.1) is 3.57 Å². The summed E-state index contributed by atoms with van der Waals surface area (Å²) in [6.45, 7) is 1.03. The van der Waals surface area contributed by atoms with Crippen LogP contribution in [0.2, 0.25) is 0 Å². The van der Waals surface area contributed by atoms with Gasteiger partial charge in [-0.15, -0.1) is 0 Å². The predicted octanol–water partition coefficient (Wildman–Crippen LogP) is 2.70. The van der Waals surface area contributed by atoms with Gasteiger partial charge in [-0.05, 0) is 85.5 Å². The molecule has 0 bridgehead atoms. The lowest BCUT2D eigenvalue weighted by atomic mass is 9.70. The molecule has 1 atom stereocenters. The van der Waals surface area contributed by atoms with Crippen molar-refractivity contribution in [1.82, 2.24) is 10.6 Å². The van der Waals surface area contributed by atoms with E-state index in [0.29, 0.717) is 11.6 Å². The predicted molar refractivity (Wildman–Crippen MR) is 84.2 cm³/mol. The number of amides is 1. The molecule has 1 unspecified atom stereocenters. The monoisotopic (exact) mass is 370 g/mol. The highest BCUT2D eigenvalue weighted by Crippen LogP contribution is 2.38. The lowest BCUT2D eigenvalue weighted by Gasteiger charge is -2.48. The zero-order valence-electron chi connectivity index (χ0n) is 10.9. The maximum Gasteiger partial charge on any atom is 0.251 e. The molecule has 1 aliphatic heterocycles. The Morgan fingerprint density at radius 1 is 1.32 bits per heavy atom. The standard InChI is InChI=1S/C15H19IN2O/c16-12-4-2-11(3-5-12)14(19)18-13-6-9-17-15(10-13)7-1-8-15/h2-5,13,17H,1,6-10H2,(H,18,19). The van der Waals surface area contributed by atoms with Crippen molar-refractivity contribution in [1.29, 1.82) is 0 Å². The number of rotatable bonds is 2. The van der Waals surface area contributed by atoms with Crippen LogP contribution in [0.5, 0.6) is 0 Å². The summed E-state index contributed by atoms with van der Waals surface area (Å²) in [5.74, 6) is 0.0674. The Balaban J connectivity index is 1.61. The van der Waals surface area contributed by atoms with Crippen molar-refractivity contribution < 1.29 is 4.79 Å². The fourth-order valence-electron chi connectivity index (χ4n) is 3.14. The van der Waals surface area contributed by atoms with E-state index in [-0.39, 0.29) is 5.91 Å². The molecule has 0 aromatic heterocycles. The lowest BCUT2D eigenvalue weighted by molar-refractivity contribution is 0.0853. The molecule has 1 aromatic rings. The summed E-state index contributed by atoms with van der Waals surface area (Å²) in [5.41, 5.74) is 1.10. The third-order valence-corrected chi connectivity index (χ3v) is 5.10. The van der Waals surface area contributed by atoms with Gasteiger partial charge in [-0.3, -0.25) is 4.79 Å². The van der Waals surface area contributed by atoms with E-state index in [2.05, 4.69) is 33.2 Å². The molecular weight excluding hydrogens is 351 g/mol. The van der Waals surface area contributed by atoms with E-state index in [0.717, 1.165) is 28.5 Å². The fourth-order valence-corrected chi connectivity index (χ4v) is 3.49. The number of carbonyl (C=O) groups is 1.